The van der Waals surface area contributed by atoms with Crippen LogP contribution in [0.3, 0.4) is 0 Å². The van der Waals surface area contributed by atoms with Crippen LogP contribution < -0.4 is 10.6 Å². The minimum Gasteiger partial charge on any atom is -0.446 e. The van der Waals surface area contributed by atoms with Crippen LogP contribution in [0.25, 0.3) is 0 Å². The average Bonchev–Trinajstić information content (AvgIpc) is 3.27. The second-order valence-corrected chi connectivity index (χ2v) is 7.63. The van der Waals surface area contributed by atoms with E-state index in [0.717, 1.165) is 36.3 Å². The van der Waals surface area contributed by atoms with E-state index in [9.17, 15) is 9.90 Å². The van der Waals surface area contributed by atoms with Gasteiger partial charge in [0.05, 0.1) is 11.7 Å². The fourth-order valence-corrected chi connectivity index (χ4v) is 4.61. The van der Waals surface area contributed by atoms with Gasteiger partial charge in [-0.1, -0.05) is 30.3 Å². The number of nitrogens with zero attached hydrogens (tertiary/aromatic N) is 1. The highest BCUT2D eigenvalue weighted by molar-refractivity contribution is 5.96. The number of esters is 1. The Balaban J connectivity index is 1.71. The van der Waals surface area contributed by atoms with E-state index in [1.165, 1.54) is 5.56 Å². The number of carbonyl (C=O) groups excluding carboxylic acids is 1. The van der Waals surface area contributed by atoms with Gasteiger partial charge in [-0.2, -0.15) is 0 Å². The van der Waals surface area contributed by atoms with Crippen LogP contribution in [0.1, 0.15) is 46.3 Å². The van der Waals surface area contributed by atoms with Gasteiger partial charge in [0.2, 0.25) is 0 Å². The third kappa shape index (κ3) is 2.73. The lowest BCUT2D eigenvalue weighted by Gasteiger charge is -2.32. The van der Waals surface area contributed by atoms with Gasteiger partial charge in [-0.3, -0.25) is 0 Å². The van der Waals surface area contributed by atoms with Crippen LogP contribution in [0, 0.1) is 6.92 Å². The molecule has 2 aliphatic rings. The Kier molecular flexibility index (Phi) is 4.44. The number of ether oxygens (including phenoxy) is 1. The van der Waals surface area contributed by atoms with Crippen molar-refractivity contribution in [2.75, 3.05) is 24.5 Å². The topological polar surface area (TPSA) is 75.8 Å². The van der Waals surface area contributed by atoms with E-state index < -0.39 is 17.7 Å². The van der Waals surface area contributed by atoms with E-state index >= 15 is 0 Å². The predicted octanol–water partition coefficient (Wildman–Crippen LogP) is 2.69. The van der Waals surface area contributed by atoms with Crippen molar-refractivity contribution in [2.24, 2.45) is 5.73 Å². The second-order valence-electron chi connectivity index (χ2n) is 7.63. The number of rotatable bonds is 4. The van der Waals surface area contributed by atoms with Crippen LogP contribution in [0.4, 0.5) is 5.69 Å². The van der Waals surface area contributed by atoms with Crippen LogP contribution in [-0.4, -0.2) is 36.8 Å². The number of cyclic esters (lactones) is 1. The lowest BCUT2D eigenvalue weighted by atomic mass is 9.84. The standard InChI is InChI=1S/C22H26N2O3/c1-14-19(24-11-10-17(12-24)16-6-4-3-5-7-16)9-8-18-20(14)22(13-23,15(2)25)27-21(18)26/h3-9,15,17,25H,10-13,23H2,1-2H3. The summed E-state index contributed by atoms with van der Waals surface area (Å²) in [5.41, 5.74) is 9.48. The number of benzene rings is 2. The van der Waals surface area contributed by atoms with Crippen LogP contribution in [0.2, 0.25) is 0 Å². The molecule has 0 aromatic heterocycles. The van der Waals surface area contributed by atoms with Crippen molar-refractivity contribution in [1.82, 2.24) is 0 Å². The number of nitrogens with two attached hydrogens (primary N) is 1. The molecule has 2 aromatic carbocycles. The second kappa shape index (κ2) is 6.66. The quantitative estimate of drug-likeness (QED) is 0.814. The summed E-state index contributed by atoms with van der Waals surface area (Å²) in [6, 6.07) is 14.4. The number of hydrogen-bond acceptors (Lipinski definition) is 5. The van der Waals surface area contributed by atoms with Crippen molar-refractivity contribution in [2.45, 2.75) is 37.9 Å². The minimum absolute atomic E-state index is 0.0559. The number of hydrogen-bond donors (Lipinski definition) is 2. The molecule has 5 nitrogen and oxygen atoms in total. The van der Waals surface area contributed by atoms with Crippen LogP contribution in [0.5, 0.6) is 0 Å². The number of fused-ring (bicyclic) bond motifs is 1. The predicted molar refractivity (Wildman–Crippen MR) is 105 cm³/mol. The fraction of sp³-hybridized carbons (Fsp3) is 0.409. The van der Waals surface area contributed by atoms with Gasteiger partial charge in [-0.15, -0.1) is 0 Å². The van der Waals surface area contributed by atoms with E-state index in [2.05, 4.69) is 29.2 Å². The third-order valence-electron chi connectivity index (χ3n) is 6.13. The van der Waals surface area contributed by atoms with E-state index in [1.54, 1.807) is 6.92 Å². The van der Waals surface area contributed by atoms with Crippen molar-refractivity contribution in [1.29, 1.82) is 0 Å². The first-order valence-electron chi connectivity index (χ1n) is 9.53. The van der Waals surface area contributed by atoms with Crippen molar-refractivity contribution in [3.05, 3.63) is 64.7 Å². The summed E-state index contributed by atoms with van der Waals surface area (Å²) in [6.07, 6.45) is 0.214. The molecule has 0 saturated carbocycles. The molecule has 1 fully saturated rings. The van der Waals surface area contributed by atoms with Gasteiger partial charge in [-0.25, -0.2) is 4.79 Å². The number of aliphatic hydroxyl groups is 1. The maximum absolute atomic E-state index is 12.4. The van der Waals surface area contributed by atoms with E-state index in [-0.39, 0.29) is 6.54 Å². The van der Waals surface area contributed by atoms with Gasteiger partial charge >= 0.3 is 5.97 Å². The summed E-state index contributed by atoms with van der Waals surface area (Å²) >= 11 is 0. The first-order valence-corrected chi connectivity index (χ1v) is 9.53. The Labute approximate surface area is 159 Å². The number of aliphatic hydroxyl groups excluding tert-OH is 1. The maximum atomic E-state index is 12.4. The Morgan fingerprint density at radius 2 is 2.04 bits per heavy atom. The molecule has 142 valence electrons. The first-order chi connectivity index (χ1) is 13.0. The molecule has 3 atom stereocenters. The molecule has 0 aliphatic carbocycles. The summed E-state index contributed by atoms with van der Waals surface area (Å²) in [4.78, 5) is 14.7. The molecule has 2 aliphatic heterocycles. The maximum Gasteiger partial charge on any atom is 0.339 e. The van der Waals surface area contributed by atoms with Gasteiger partial charge in [0.15, 0.2) is 5.60 Å². The molecule has 3 N–H and O–H groups in total. The van der Waals surface area contributed by atoms with Crippen LogP contribution in [0.15, 0.2) is 42.5 Å². The Morgan fingerprint density at radius 1 is 1.30 bits per heavy atom. The average molecular weight is 366 g/mol. The molecule has 0 spiro atoms. The zero-order valence-electron chi connectivity index (χ0n) is 15.8. The highest BCUT2D eigenvalue weighted by Gasteiger charge is 2.50. The molecule has 5 heteroatoms. The molecule has 0 amide bonds. The lowest BCUT2D eigenvalue weighted by molar-refractivity contribution is -0.0716. The van der Waals surface area contributed by atoms with Gasteiger partial charge in [0, 0.05) is 36.8 Å². The fourth-order valence-electron chi connectivity index (χ4n) is 4.61. The number of anilines is 1. The van der Waals surface area contributed by atoms with Crippen molar-refractivity contribution >= 4 is 11.7 Å². The summed E-state index contributed by atoms with van der Waals surface area (Å²) in [5.74, 6) is 0.0855. The van der Waals surface area contributed by atoms with Gasteiger partial charge in [0.25, 0.3) is 0 Å². The summed E-state index contributed by atoms with van der Waals surface area (Å²) < 4.78 is 5.59. The molecule has 0 bridgehead atoms. The van der Waals surface area contributed by atoms with Gasteiger partial charge < -0.3 is 20.5 Å². The molecule has 2 aromatic rings. The zero-order valence-corrected chi connectivity index (χ0v) is 15.8. The summed E-state index contributed by atoms with van der Waals surface area (Å²) in [5, 5.41) is 10.4. The lowest BCUT2D eigenvalue weighted by Crippen LogP contribution is -2.45. The molecule has 1 saturated heterocycles. The molecule has 4 rings (SSSR count). The molecule has 2 heterocycles. The van der Waals surface area contributed by atoms with Crippen LogP contribution in [-0.2, 0) is 10.3 Å². The van der Waals surface area contributed by atoms with Crippen molar-refractivity contribution in [3.63, 3.8) is 0 Å². The first kappa shape index (κ1) is 18.0. The SMILES string of the molecule is Cc1c(N2CCC(c3ccccc3)C2)ccc2c1C(CN)(C(C)O)OC2=O. The Hall–Kier alpha value is -2.37. The van der Waals surface area contributed by atoms with E-state index in [1.807, 2.05) is 25.1 Å². The van der Waals surface area contributed by atoms with E-state index in [4.69, 9.17) is 10.5 Å². The Bertz CT molecular complexity index is 865. The largest absolute Gasteiger partial charge is 0.446 e. The van der Waals surface area contributed by atoms with Crippen molar-refractivity contribution < 1.29 is 14.6 Å². The van der Waals surface area contributed by atoms with Crippen LogP contribution >= 0.6 is 0 Å². The third-order valence-corrected chi connectivity index (χ3v) is 6.13. The van der Waals surface area contributed by atoms with Gasteiger partial charge in [0.1, 0.15) is 0 Å². The Morgan fingerprint density at radius 3 is 2.70 bits per heavy atom. The smallest absolute Gasteiger partial charge is 0.339 e. The molecule has 3 unspecified atom stereocenters. The summed E-state index contributed by atoms with van der Waals surface area (Å²) in [6.45, 7) is 5.57. The monoisotopic (exact) mass is 366 g/mol. The zero-order chi connectivity index (χ0) is 19.2. The summed E-state index contributed by atoms with van der Waals surface area (Å²) in [7, 11) is 0. The van der Waals surface area contributed by atoms with Gasteiger partial charge in [-0.05, 0) is 43.5 Å². The molecular weight excluding hydrogens is 340 g/mol. The highest BCUT2D eigenvalue weighted by Crippen LogP contribution is 2.44. The highest BCUT2D eigenvalue weighted by atomic mass is 16.6. The molecular formula is C22H26N2O3. The number of carbonyl (C=O) groups is 1. The normalized spacial score (nSPS) is 25.4. The molecule has 27 heavy (non-hydrogen) atoms. The van der Waals surface area contributed by atoms with Crippen molar-refractivity contribution in [3.8, 4) is 0 Å². The minimum atomic E-state index is -1.16. The molecule has 0 radical (unpaired) electrons. The van der Waals surface area contributed by atoms with E-state index in [0.29, 0.717) is 11.5 Å².